The Hall–Kier alpha value is -2.54. The molecule has 3 aromatic rings. The summed E-state index contributed by atoms with van der Waals surface area (Å²) in [5.74, 6) is 1.35. The van der Waals surface area contributed by atoms with Gasteiger partial charge in [0.1, 0.15) is 0 Å². The van der Waals surface area contributed by atoms with E-state index in [2.05, 4.69) is 28.1 Å². The monoisotopic (exact) mass is 461 g/mol. The van der Waals surface area contributed by atoms with Gasteiger partial charge in [-0.15, -0.1) is 0 Å². The highest BCUT2D eigenvalue weighted by atomic mass is 32.2. The molecule has 4 heterocycles. The van der Waals surface area contributed by atoms with E-state index in [1.807, 2.05) is 30.3 Å². The smallest absolute Gasteiger partial charge is 0.241 e. The lowest BCUT2D eigenvalue weighted by molar-refractivity contribution is -0.0128. The molecule has 0 amide bonds. The van der Waals surface area contributed by atoms with Crippen LogP contribution in [0.5, 0.6) is 0 Å². The van der Waals surface area contributed by atoms with Crippen LogP contribution < -0.4 is 4.72 Å². The van der Waals surface area contributed by atoms with Crippen molar-refractivity contribution in [2.24, 2.45) is 11.8 Å². The first-order valence-electron chi connectivity index (χ1n) is 11.8. The average Bonchev–Trinajstić information content (AvgIpc) is 2.87. The van der Waals surface area contributed by atoms with Crippen LogP contribution in [0, 0.1) is 11.8 Å². The summed E-state index contributed by atoms with van der Waals surface area (Å²) in [5, 5.41) is 1.00. The van der Waals surface area contributed by atoms with Gasteiger partial charge in [-0.05, 0) is 66.6 Å². The van der Waals surface area contributed by atoms with Crippen LogP contribution in [0.15, 0.2) is 72.3 Å². The van der Waals surface area contributed by atoms with Gasteiger partial charge in [0.25, 0.3) is 0 Å². The first-order valence-corrected chi connectivity index (χ1v) is 13.3. The Kier molecular flexibility index (Phi) is 6.08. The zero-order valence-corrected chi connectivity index (χ0v) is 19.8. The van der Waals surface area contributed by atoms with E-state index < -0.39 is 10.0 Å². The van der Waals surface area contributed by atoms with Gasteiger partial charge in [0, 0.05) is 24.2 Å². The lowest BCUT2D eigenvalue weighted by Crippen LogP contribution is -2.57. The molecule has 3 aliphatic rings. The van der Waals surface area contributed by atoms with E-state index in [-0.39, 0.29) is 17.0 Å². The van der Waals surface area contributed by atoms with Gasteiger partial charge in [-0.2, -0.15) is 0 Å². The maximum Gasteiger partial charge on any atom is 0.241 e. The van der Waals surface area contributed by atoms with E-state index in [1.54, 1.807) is 36.5 Å². The second-order valence-electron chi connectivity index (χ2n) is 9.30. The van der Waals surface area contributed by atoms with Crippen molar-refractivity contribution >= 4 is 27.0 Å². The first-order chi connectivity index (χ1) is 16.0. The molecule has 0 saturated carbocycles. The number of piperidine rings is 3. The number of hydrogen-bond acceptors (Lipinski definition) is 4. The molecule has 172 valence electrons. The standard InChI is InChI=1S/C27H31N3O2S/c1-3-19-9-11-22(12-10-19)33(31,32)29-27(24-13-15-28-25-8-6-5-7-23(24)25)26-17-21-14-16-30(26)18-20(21)4-2/h3,5-13,15,20-21,26-27,29H,1,4,14,16-18H2,2H3/t20?,21?,26?,27-/m0/s1. The molecule has 5 atom stereocenters. The number of nitrogens with one attached hydrogen (secondary N) is 1. The van der Waals surface area contributed by atoms with Crippen molar-refractivity contribution in [3.05, 3.63) is 78.5 Å². The van der Waals surface area contributed by atoms with Crippen molar-refractivity contribution in [3.63, 3.8) is 0 Å². The SMILES string of the molecule is C=Cc1ccc(S(=O)(=O)N[C@@H](c2ccnc3ccccc23)C2CC3CCN2CC3CC)cc1. The summed E-state index contributed by atoms with van der Waals surface area (Å²) in [6.07, 6.45) is 6.90. The fraction of sp³-hybridized carbons (Fsp3) is 0.370. The van der Waals surface area contributed by atoms with Crippen LogP contribution in [0.2, 0.25) is 0 Å². The molecule has 0 spiro atoms. The Bertz CT molecular complexity index is 1250. The van der Waals surface area contributed by atoms with E-state index in [0.717, 1.165) is 41.5 Å². The molecule has 33 heavy (non-hydrogen) atoms. The molecule has 0 aliphatic carbocycles. The molecular weight excluding hydrogens is 430 g/mol. The first kappa shape index (κ1) is 22.3. The van der Waals surface area contributed by atoms with Crippen LogP contribution in [-0.2, 0) is 10.0 Å². The number of rotatable bonds is 7. The molecule has 3 saturated heterocycles. The highest BCUT2D eigenvalue weighted by molar-refractivity contribution is 7.89. The minimum atomic E-state index is -3.72. The summed E-state index contributed by atoms with van der Waals surface area (Å²) in [6, 6.07) is 16.6. The fourth-order valence-corrected chi connectivity index (χ4v) is 6.99. The van der Waals surface area contributed by atoms with Crippen molar-refractivity contribution < 1.29 is 8.42 Å². The Morgan fingerprint density at radius 1 is 1.18 bits per heavy atom. The molecule has 4 unspecified atom stereocenters. The van der Waals surface area contributed by atoms with E-state index in [1.165, 1.54) is 12.8 Å². The Morgan fingerprint density at radius 2 is 1.97 bits per heavy atom. The molecule has 0 radical (unpaired) electrons. The minimum Gasteiger partial charge on any atom is -0.298 e. The maximum absolute atomic E-state index is 13.5. The van der Waals surface area contributed by atoms with Crippen molar-refractivity contribution in [2.75, 3.05) is 13.1 Å². The van der Waals surface area contributed by atoms with Crippen molar-refractivity contribution in [2.45, 2.75) is 43.2 Å². The van der Waals surface area contributed by atoms with Crippen LogP contribution in [0.4, 0.5) is 0 Å². The number of sulfonamides is 1. The van der Waals surface area contributed by atoms with Crippen LogP contribution >= 0.6 is 0 Å². The number of para-hydroxylation sites is 1. The molecule has 1 N–H and O–H groups in total. The molecule has 1 aromatic heterocycles. The second kappa shape index (κ2) is 9.01. The lowest BCUT2D eigenvalue weighted by atomic mass is 9.72. The normalized spacial score (nSPS) is 25.7. The van der Waals surface area contributed by atoms with Crippen LogP contribution in [0.1, 0.15) is 43.4 Å². The second-order valence-corrected chi connectivity index (χ2v) is 11.0. The van der Waals surface area contributed by atoms with Gasteiger partial charge in [0.2, 0.25) is 10.0 Å². The summed E-state index contributed by atoms with van der Waals surface area (Å²) in [7, 11) is -3.72. The Balaban J connectivity index is 1.56. The molecule has 5 nitrogen and oxygen atoms in total. The van der Waals surface area contributed by atoms with E-state index in [0.29, 0.717) is 11.8 Å². The quantitative estimate of drug-likeness (QED) is 0.537. The van der Waals surface area contributed by atoms with E-state index in [4.69, 9.17) is 0 Å². The highest BCUT2D eigenvalue weighted by Crippen LogP contribution is 2.43. The third-order valence-corrected chi connectivity index (χ3v) is 9.03. The number of hydrogen-bond donors (Lipinski definition) is 1. The average molecular weight is 462 g/mol. The molecule has 2 bridgehead atoms. The zero-order valence-electron chi connectivity index (χ0n) is 19.0. The van der Waals surface area contributed by atoms with E-state index >= 15 is 0 Å². The zero-order chi connectivity index (χ0) is 23.0. The predicted molar refractivity (Wildman–Crippen MR) is 133 cm³/mol. The predicted octanol–water partition coefficient (Wildman–Crippen LogP) is 5.02. The van der Waals surface area contributed by atoms with Crippen LogP contribution in [0.25, 0.3) is 17.0 Å². The summed E-state index contributed by atoms with van der Waals surface area (Å²) < 4.78 is 30.2. The van der Waals surface area contributed by atoms with Gasteiger partial charge >= 0.3 is 0 Å². The van der Waals surface area contributed by atoms with Crippen molar-refractivity contribution in [3.8, 4) is 0 Å². The Morgan fingerprint density at radius 3 is 2.67 bits per heavy atom. The van der Waals surface area contributed by atoms with Gasteiger partial charge in [-0.25, -0.2) is 13.1 Å². The van der Waals surface area contributed by atoms with Crippen LogP contribution in [0.3, 0.4) is 0 Å². The Labute approximate surface area is 196 Å². The third-order valence-electron chi connectivity index (χ3n) is 7.57. The highest BCUT2D eigenvalue weighted by Gasteiger charge is 2.44. The molecule has 6 rings (SSSR count). The van der Waals surface area contributed by atoms with E-state index in [9.17, 15) is 8.42 Å². The largest absolute Gasteiger partial charge is 0.298 e. The number of aromatic nitrogens is 1. The third kappa shape index (κ3) is 4.23. The number of nitrogens with zero attached hydrogens (tertiary/aromatic N) is 2. The molecule has 6 heteroatoms. The summed E-state index contributed by atoms with van der Waals surface area (Å²) in [4.78, 5) is 7.30. The number of benzene rings is 2. The van der Waals surface area contributed by atoms with Gasteiger partial charge < -0.3 is 0 Å². The van der Waals surface area contributed by atoms with Gasteiger partial charge in [-0.1, -0.05) is 56.3 Å². The van der Waals surface area contributed by atoms with Gasteiger partial charge in [0.05, 0.1) is 16.5 Å². The van der Waals surface area contributed by atoms with Crippen molar-refractivity contribution in [1.29, 1.82) is 0 Å². The topological polar surface area (TPSA) is 62.3 Å². The lowest BCUT2D eigenvalue weighted by Gasteiger charge is -2.52. The molecule has 2 aromatic carbocycles. The molecular formula is C27H31N3O2S. The van der Waals surface area contributed by atoms with Gasteiger partial charge in [0.15, 0.2) is 0 Å². The maximum atomic E-state index is 13.5. The van der Waals surface area contributed by atoms with Gasteiger partial charge in [-0.3, -0.25) is 9.88 Å². The van der Waals surface area contributed by atoms with Crippen LogP contribution in [-0.4, -0.2) is 37.4 Å². The summed E-state index contributed by atoms with van der Waals surface area (Å²) >= 11 is 0. The summed E-state index contributed by atoms with van der Waals surface area (Å²) in [5.41, 5.74) is 2.78. The number of fused-ring (bicyclic) bond motifs is 4. The fourth-order valence-electron chi connectivity index (χ4n) is 5.75. The number of pyridine rings is 1. The summed E-state index contributed by atoms with van der Waals surface area (Å²) in [6.45, 7) is 8.10. The molecule has 3 fully saturated rings. The van der Waals surface area contributed by atoms with Crippen molar-refractivity contribution in [1.82, 2.24) is 14.6 Å². The molecule has 3 aliphatic heterocycles. The minimum absolute atomic E-state index is 0.125.